The summed E-state index contributed by atoms with van der Waals surface area (Å²) in [4.78, 5) is 23.6. The molecule has 1 saturated heterocycles. The topological polar surface area (TPSA) is 70.2 Å². The Labute approximate surface area is 125 Å². The molecule has 1 fully saturated rings. The van der Waals surface area contributed by atoms with Crippen LogP contribution in [0.15, 0.2) is 24.3 Å². The molecule has 1 aliphatic rings. The number of carbonyl (C=O) groups is 2. The Balaban J connectivity index is 1.86. The maximum absolute atomic E-state index is 12.1. The number of benzene rings is 1. The average molecular weight is 289 g/mol. The van der Waals surface area contributed by atoms with Gasteiger partial charge in [-0.15, -0.1) is 0 Å². The van der Waals surface area contributed by atoms with Crippen molar-refractivity contribution in [3.8, 4) is 0 Å². The highest BCUT2D eigenvalue weighted by atomic mass is 16.2. The van der Waals surface area contributed by atoms with Crippen molar-refractivity contribution in [3.05, 3.63) is 24.3 Å². The number of carbonyl (C=O) groups excluding carboxylic acids is 2. The van der Waals surface area contributed by atoms with E-state index in [4.69, 9.17) is 0 Å². The highest BCUT2D eigenvalue weighted by Gasteiger charge is 2.20. The van der Waals surface area contributed by atoms with Gasteiger partial charge < -0.3 is 16.0 Å². The number of amides is 2. The summed E-state index contributed by atoms with van der Waals surface area (Å²) in [5.41, 5.74) is 1.53. The third-order valence-electron chi connectivity index (χ3n) is 3.62. The molecule has 0 atom stereocenters. The summed E-state index contributed by atoms with van der Waals surface area (Å²) >= 11 is 0. The summed E-state index contributed by atoms with van der Waals surface area (Å²) in [6.07, 6.45) is 3.12. The molecule has 21 heavy (non-hydrogen) atoms. The molecule has 3 N–H and O–H groups in total. The molecule has 0 aliphatic carbocycles. The van der Waals surface area contributed by atoms with Crippen molar-refractivity contribution in [2.24, 2.45) is 5.92 Å². The van der Waals surface area contributed by atoms with Crippen LogP contribution in [0, 0.1) is 5.92 Å². The maximum Gasteiger partial charge on any atom is 0.227 e. The number of hydrogen-bond donors (Lipinski definition) is 3. The van der Waals surface area contributed by atoms with Crippen LogP contribution in [0.25, 0.3) is 0 Å². The second-order valence-electron chi connectivity index (χ2n) is 5.39. The molecule has 0 spiro atoms. The molecule has 0 bridgehead atoms. The molecule has 1 aromatic rings. The molecule has 1 aliphatic heterocycles. The van der Waals surface area contributed by atoms with Crippen LogP contribution in [-0.2, 0) is 9.59 Å². The summed E-state index contributed by atoms with van der Waals surface area (Å²) in [5.74, 6) is 0.193. The summed E-state index contributed by atoms with van der Waals surface area (Å²) in [7, 11) is 0. The molecule has 5 heteroatoms. The molecule has 0 unspecified atom stereocenters. The van der Waals surface area contributed by atoms with Gasteiger partial charge in [0, 0.05) is 23.7 Å². The summed E-state index contributed by atoms with van der Waals surface area (Å²) < 4.78 is 0. The van der Waals surface area contributed by atoms with Gasteiger partial charge in [-0.25, -0.2) is 0 Å². The number of nitrogens with one attached hydrogen (secondary N) is 3. The van der Waals surface area contributed by atoms with E-state index in [0.29, 0.717) is 6.42 Å². The third-order valence-corrected chi connectivity index (χ3v) is 3.62. The molecule has 2 rings (SSSR count). The van der Waals surface area contributed by atoms with Gasteiger partial charge in [0.1, 0.15) is 0 Å². The molecule has 5 nitrogen and oxygen atoms in total. The zero-order valence-corrected chi connectivity index (χ0v) is 12.4. The first-order valence-corrected chi connectivity index (χ1v) is 7.60. The van der Waals surface area contributed by atoms with Crippen LogP contribution in [0.2, 0.25) is 0 Å². The Hall–Kier alpha value is -1.88. The van der Waals surface area contributed by atoms with E-state index < -0.39 is 0 Å². The fourth-order valence-electron chi connectivity index (χ4n) is 2.42. The first-order chi connectivity index (χ1) is 10.2. The lowest BCUT2D eigenvalue weighted by Gasteiger charge is -2.21. The van der Waals surface area contributed by atoms with E-state index in [2.05, 4.69) is 16.0 Å². The standard InChI is InChI=1S/C16H23N3O2/c1-2-3-15(20)18-13-4-6-14(7-5-13)19-16(21)12-8-10-17-11-9-12/h4-7,12,17H,2-3,8-11H2,1H3,(H,18,20)(H,19,21). The van der Waals surface area contributed by atoms with Crippen molar-refractivity contribution in [3.63, 3.8) is 0 Å². The van der Waals surface area contributed by atoms with Gasteiger partial charge in [-0.3, -0.25) is 9.59 Å². The minimum atomic E-state index is 0.0176. The van der Waals surface area contributed by atoms with Crippen LogP contribution >= 0.6 is 0 Å². The van der Waals surface area contributed by atoms with Crippen molar-refractivity contribution in [1.82, 2.24) is 5.32 Å². The smallest absolute Gasteiger partial charge is 0.227 e. The molecule has 1 aromatic carbocycles. The Bertz CT molecular complexity index is 479. The highest BCUT2D eigenvalue weighted by molar-refractivity contribution is 5.94. The molecular formula is C16H23N3O2. The van der Waals surface area contributed by atoms with Gasteiger partial charge in [0.05, 0.1) is 0 Å². The van der Waals surface area contributed by atoms with Crippen molar-refractivity contribution >= 4 is 23.2 Å². The first-order valence-electron chi connectivity index (χ1n) is 7.60. The predicted octanol–water partition coefficient (Wildman–Crippen LogP) is 2.36. The fraction of sp³-hybridized carbons (Fsp3) is 0.500. The van der Waals surface area contributed by atoms with E-state index in [0.717, 1.165) is 43.7 Å². The van der Waals surface area contributed by atoms with Crippen LogP contribution in [0.5, 0.6) is 0 Å². The normalized spacial score (nSPS) is 15.5. The first kappa shape index (κ1) is 15.5. The zero-order chi connectivity index (χ0) is 15.1. The Morgan fingerprint density at radius 2 is 1.67 bits per heavy atom. The molecule has 1 heterocycles. The zero-order valence-electron chi connectivity index (χ0n) is 12.4. The van der Waals surface area contributed by atoms with Crippen molar-refractivity contribution in [1.29, 1.82) is 0 Å². The lowest BCUT2D eigenvalue weighted by Crippen LogP contribution is -2.34. The Morgan fingerprint density at radius 3 is 2.24 bits per heavy atom. The van der Waals surface area contributed by atoms with Gasteiger partial charge in [-0.05, 0) is 56.6 Å². The van der Waals surface area contributed by atoms with Crippen LogP contribution in [0.3, 0.4) is 0 Å². The van der Waals surface area contributed by atoms with Gasteiger partial charge in [-0.1, -0.05) is 6.92 Å². The Morgan fingerprint density at radius 1 is 1.10 bits per heavy atom. The number of anilines is 2. The summed E-state index contributed by atoms with van der Waals surface area (Å²) in [6.45, 7) is 3.78. The highest BCUT2D eigenvalue weighted by Crippen LogP contribution is 2.17. The second-order valence-corrected chi connectivity index (χ2v) is 5.39. The van der Waals surface area contributed by atoms with Gasteiger partial charge in [-0.2, -0.15) is 0 Å². The van der Waals surface area contributed by atoms with E-state index in [1.54, 1.807) is 0 Å². The number of hydrogen-bond acceptors (Lipinski definition) is 3. The molecule has 0 aromatic heterocycles. The fourth-order valence-corrected chi connectivity index (χ4v) is 2.42. The molecular weight excluding hydrogens is 266 g/mol. The van der Waals surface area contributed by atoms with Crippen LogP contribution in [0.1, 0.15) is 32.6 Å². The van der Waals surface area contributed by atoms with E-state index >= 15 is 0 Å². The van der Waals surface area contributed by atoms with Crippen molar-refractivity contribution in [2.75, 3.05) is 23.7 Å². The third kappa shape index (κ3) is 4.86. The predicted molar refractivity (Wildman–Crippen MR) is 84.2 cm³/mol. The van der Waals surface area contributed by atoms with Gasteiger partial charge in [0.15, 0.2) is 0 Å². The SMILES string of the molecule is CCCC(=O)Nc1ccc(NC(=O)C2CCNCC2)cc1. The largest absolute Gasteiger partial charge is 0.326 e. The molecule has 2 amide bonds. The monoisotopic (exact) mass is 289 g/mol. The van der Waals surface area contributed by atoms with Crippen molar-refractivity contribution < 1.29 is 9.59 Å². The van der Waals surface area contributed by atoms with Crippen LogP contribution < -0.4 is 16.0 Å². The lowest BCUT2D eigenvalue weighted by molar-refractivity contribution is -0.120. The average Bonchev–Trinajstić information content (AvgIpc) is 2.50. The van der Waals surface area contributed by atoms with E-state index in [1.807, 2.05) is 31.2 Å². The quantitative estimate of drug-likeness (QED) is 0.779. The van der Waals surface area contributed by atoms with Crippen LogP contribution in [0.4, 0.5) is 11.4 Å². The number of rotatable bonds is 5. The minimum absolute atomic E-state index is 0.0176. The Kier molecular flexibility index (Phi) is 5.75. The molecule has 0 radical (unpaired) electrons. The number of piperidine rings is 1. The summed E-state index contributed by atoms with van der Waals surface area (Å²) in [5, 5.41) is 9.01. The van der Waals surface area contributed by atoms with Crippen LogP contribution in [-0.4, -0.2) is 24.9 Å². The van der Waals surface area contributed by atoms with E-state index in [-0.39, 0.29) is 17.7 Å². The second kappa shape index (κ2) is 7.78. The van der Waals surface area contributed by atoms with Gasteiger partial charge in [0.25, 0.3) is 0 Å². The minimum Gasteiger partial charge on any atom is -0.326 e. The van der Waals surface area contributed by atoms with E-state index in [1.165, 1.54) is 0 Å². The van der Waals surface area contributed by atoms with Gasteiger partial charge in [0.2, 0.25) is 11.8 Å². The molecule has 114 valence electrons. The maximum atomic E-state index is 12.1. The molecule has 0 saturated carbocycles. The lowest BCUT2D eigenvalue weighted by atomic mass is 9.97. The van der Waals surface area contributed by atoms with Crippen molar-refractivity contribution in [2.45, 2.75) is 32.6 Å². The van der Waals surface area contributed by atoms with Gasteiger partial charge >= 0.3 is 0 Å². The summed E-state index contributed by atoms with van der Waals surface area (Å²) in [6, 6.07) is 7.26. The van der Waals surface area contributed by atoms with E-state index in [9.17, 15) is 9.59 Å².